The van der Waals surface area contributed by atoms with E-state index in [0.29, 0.717) is 6.42 Å². The third kappa shape index (κ3) is 4.30. The smallest absolute Gasteiger partial charge is 0.371 e. The molecule has 0 aliphatic carbocycles. The Morgan fingerprint density at radius 1 is 1.58 bits per heavy atom. The SMILES string of the molecule is CC(CCO)CNS(=O)(=O)c1cc(C(=O)O)oc1Br. The van der Waals surface area contributed by atoms with Gasteiger partial charge in [-0.05, 0) is 28.3 Å². The molecule has 1 atom stereocenters. The van der Waals surface area contributed by atoms with Crippen molar-refractivity contribution in [2.45, 2.75) is 18.2 Å². The second kappa shape index (κ2) is 6.51. The summed E-state index contributed by atoms with van der Waals surface area (Å²) in [5.74, 6) is -1.85. The molecule has 0 saturated heterocycles. The van der Waals surface area contributed by atoms with Crippen LogP contribution in [0.15, 0.2) is 20.0 Å². The molecule has 3 N–H and O–H groups in total. The second-order valence-electron chi connectivity index (χ2n) is 4.02. The fourth-order valence-corrected chi connectivity index (χ4v) is 3.40. The normalized spacial score (nSPS) is 13.4. The van der Waals surface area contributed by atoms with Crippen molar-refractivity contribution in [3.8, 4) is 0 Å². The number of hydrogen-bond acceptors (Lipinski definition) is 5. The van der Waals surface area contributed by atoms with Gasteiger partial charge in [-0.2, -0.15) is 0 Å². The molecule has 1 unspecified atom stereocenters. The number of hydrogen-bond donors (Lipinski definition) is 3. The molecule has 0 spiro atoms. The van der Waals surface area contributed by atoms with Gasteiger partial charge < -0.3 is 14.6 Å². The van der Waals surface area contributed by atoms with Crippen LogP contribution in [0.4, 0.5) is 0 Å². The van der Waals surface area contributed by atoms with Gasteiger partial charge in [0.1, 0.15) is 4.90 Å². The number of sulfonamides is 1. The van der Waals surface area contributed by atoms with Gasteiger partial charge in [0.05, 0.1) is 0 Å². The van der Waals surface area contributed by atoms with E-state index < -0.39 is 21.8 Å². The molecule has 0 bridgehead atoms. The van der Waals surface area contributed by atoms with Crippen molar-refractivity contribution in [1.29, 1.82) is 0 Å². The lowest BCUT2D eigenvalue weighted by atomic mass is 10.1. The number of furan rings is 1. The maximum Gasteiger partial charge on any atom is 0.371 e. The summed E-state index contributed by atoms with van der Waals surface area (Å²) >= 11 is 2.87. The number of carboxylic acids is 1. The number of nitrogens with one attached hydrogen (secondary N) is 1. The van der Waals surface area contributed by atoms with Crippen LogP contribution in [0.25, 0.3) is 0 Å². The summed E-state index contributed by atoms with van der Waals surface area (Å²) in [5.41, 5.74) is 0. The van der Waals surface area contributed by atoms with E-state index >= 15 is 0 Å². The molecule has 0 amide bonds. The molecule has 1 aromatic heterocycles. The molecular formula is C10H14BrNO6S. The van der Waals surface area contributed by atoms with E-state index in [0.717, 1.165) is 6.07 Å². The van der Waals surface area contributed by atoms with Gasteiger partial charge >= 0.3 is 5.97 Å². The fraction of sp³-hybridized carbons (Fsp3) is 0.500. The molecule has 0 aliphatic heterocycles. The zero-order valence-corrected chi connectivity index (χ0v) is 12.5. The highest BCUT2D eigenvalue weighted by Gasteiger charge is 2.24. The summed E-state index contributed by atoms with van der Waals surface area (Å²) in [6.45, 7) is 1.90. The van der Waals surface area contributed by atoms with E-state index in [1.807, 2.05) is 0 Å². The summed E-state index contributed by atoms with van der Waals surface area (Å²) in [4.78, 5) is 10.4. The van der Waals surface area contributed by atoms with Crippen LogP contribution in [0.1, 0.15) is 23.9 Å². The molecule has 108 valence electrons. The van der Waals surface area contributed by atoms with Gasteiger partial charge in [0, 0.05) is 19.2 Å². The lowest BCUT2D eigenvalue weighted by Crippen LogP contribution is -2.28. The van der Waals surface area contributed by atoms with Crippen LogP contribution < -0.4 is 4.72 Å². The number of rotatable bonds is 7. The van der Waals surface area contributed by atoms with Crippen molar-refractivity contribution < 1.29 is 27.8 Å². The summed E-state index contributed by atoms with van der Waals surface area (Å²) in [6.07, 6.45) is 0.468. The fourth-order valence-electron chi connectivity index (χ4n) is 1.29. The summed E-state index contributed by atoms with van der Waals surface area (Å²) in [6, 6.07) is 0.936. The Kier molecular flexibility index (Phi) is 5.53. The summed E-state index contributed by atoms with van der Waals surface area (Å²) in [7, 11) is -3.85. The monoisotopic (exact) mass is 355 g/mol. The number of carbonyl (C=O) groups is 1. The minimum atomic E-state index is -3.85. The van der Waals surface area contributed by atoms with Gasteiger partial charge in [0.2, 0.25) is 15.8 Å². The first kappa shape index (κ1) is 16.2. The van der Waals surface area contributed by atoms with Gasteiger partial charge in [0.15, 0.2) is 4.67 Å². The van der Waals surface area contributed by atoms with E-state index in [-0.39, 0.29) is 28.6 Å². The lowest BCUT2D eigenvalue weighted by molar-refractivity contribution is 0.0661. The Bertz CT molecular complexity index is 552. The van der Waals surface area contributed by atoms with Crippen LogP contribution in [0, 0.1) is 5.92 Å². The van der Waals surface area contributed by atoms with Gasteiger partial charge in [-0.1, -0.05) is 6.92 Å². The van der Waals surface area contributed by atoms with Crippen molar-refractivity contribution in [3.63, 3.8) is 0 Å². The van der Waals surface area contributed by atoms with Gasteiger partial charge in [0.25, 0.3) is 0 Å². The lowest BCUT2D eigenvalue weighted by Gasteiger charge is -2.10. The molecule has 0 fully saturated rings. The highest BCUT2D eigenvalue weighted by molar-refractivity contribution is 9.10. The topological polar surface area (TPSA) is 117 Å². The van der Waals surface area contributed by atoms with E-state index in [9.17, 15) is 13.2 Å². The molecule has 0 aliphatic rings. The van der Waals surface area contributed by atoms with E-state index in [4.69, 9.17) is 14.6 Å². The molecule has 0 aromatic carbocycles. The molecule has 7 nitrogen and oxygen atoms in total. The van der Waals surface area contributed by atoms with Crippen molar-refractivity contribution >= 4 is 31.9 Å². The van der Waals surface area contributed by atoms with E-state index in [1.54, 1.807) is 6.92 Å². The zero-order chi connectivity index (χ0) is 14.6. The Hall–Kier alpha value is -0.900. The van der Waals surface area contributed by atoms with Crippen molar-refractivity contribution in [1.82, 2.24) is 4.72 Å². The first-order valence-corrected chi connectivity index (χ1v) is 7.68. The van der Waals surface area contributed by atoms with Crippen molar-refractivity contribution in [3.05, 3.63) is 16.5 Å². The van der Waals surface area contributed by atoms with Crippen molar-refractivity contribution in [2.24, 2.45) is 5.92 Å². The molecule has 1 rings (SSSR count). The molecule has 0 saturated carbocycles. The minimum Gasteiger partial charge on any atom is -0.475 e. The highest BCUT2D eigenvalue weighted by atomic mass is 79.9. The maximum absolute atomic E-state index is 11.9. The number of halogens is 1. The van der Waals surface area contributed by atoms with Crippen LogP contribution in [-0.2, 0) is 10.0 Å². The Morgan fingerprint density at radius 3 is 2.68 bits per heavy atom. The predicted octanol–water partition coefficient (Wildman–Crippen LogP) is 1.04. The Balaban J connectivity index is 2.86. The third-order valence-electron chi connectivity index (χ3n) is 2.40. The summed E-state index contributed by atoms with van der Waals surface area (Å²) < 4.78 is 30.8. The molecule has 9 heteroatoms. The minimum absolute atomic E-state index is 0.0263. The van der Waals surface area contributed by atoms with Crippen molar-refractivity contribution in [2.75, 3.05) is 13.2 Å². The molecule has 1 aromatic rings. The number of carboxylic acid groups (broad SMARTS) is 1. The number of aromatic carboxylic acids is 1. The van der Waals surface area contributed by atoms with Crippen LogP contribution in [0.5, 0.6) is 0 Å². The molecule has 0 radical (unpaired) electrons. The molecule has 1 heterocycles. The Morgan fingerprint density at radius 2 is 2.21 bits per heavy atom. The largest absolute Gasteiger partial charge is 0.475 e. The third-order valence-corrected chi connectivity index (χ3v) is 4.68. The quantitative estimate of drug-likeness (QED) is 0.672. The average Bonchev–Trinajstić information content (AvgIpc) is 2.70. The van der Waals surface area contributed by atoms with Crippen LogP contribution in [0.2, 0.25) is 0 Å². The number of aliphatic hydroxyl groups excluding tert-OH is 1. The van der Waals surface area contributed by atoms with E-state index in [1.165, 1.54) is 0 Å². The molecule has 19 heavy (non-hydrogen) atoms. The average molecular weight is 356 g/mol. The maximum atomic E-state index is 11.9. The summed E-state index contributed by atoms with van der Waals surface area (Å²) in [5, 5.41) is 17.4. The van der Waals surface area contributed by atoms with E-state index in [2.05, 4.69) is 20.7 Å². The first-order chi connectivity index (χ1) is 8.77. The second-order valence-corrected chi connectivity index (χ2v) is 6.48. The van der Waals surface area contributed by atoms with Gasteiger partial charge in [-0.25, -0.2) is 17.9 Å². The highest BCUT2D eigenvalue weighted by Crippen LogP contribution is 2.26. The van der Waals surface area contributed by atoms with Crippen LogP contribution in [0.3, 0.4) is 0 Å². The van der Waals surface area contributed by atoms with Crippen LogP contribution in [-0.4, -0.2) is 37.8 Å². The van der Waals surface area contributed by atoms with Crippen LogP contribution >= 0.6 is 15.9 Å². The first-order valence-electron chi connectivity index (χ1n) is 5.41. The standard InChI is InChI=1S/C10H14BrNO6S/c1-6(2-3-13)5-12-19(16,17)8-4-7(10(14)15)18-9(8)11/h4,6,12-13H,2-3,5H2,1H3,(H,14,15). The zero-order valence-electron chi connectivity index (χ0n) is 10.1. The molecular weight excluding hydrogens is 342 g/mol. The van der Waals surface area contributed by atoms with Gasteiger partial charge in [-0.3, -0.25) is 0 Å². The Labute approximate surface area is 118 Å². The predicted molar refractivity (Wildman–Crippen MR) is 69.4 cm³/mol. The number of aliphatic hydroxyl groups is 1. The van der Waals surface area contributed by atoms with Gasteiger partial charge in [-0.15, -0.1) is 0 Å².